The van der Waals surface area contributed by atoms with Gasteiger partial charge in [-0.05, 0) is 12.1 Å². The number of aliphatic carboxylic acids is 1. The molecule has 8 heteroatoms. The number of likely N-dealkylation sites (tertiary alicyclic amines) is 1. The van der Waals surface area contributed by atoms with Gasteiger partial charge < -0.3 is 20.4 Å². The number of carbonyl (C=O) groups excluding carboxylic acids is 1. The first kappa shape index (κ1) is 14.2. The Labute approximate surface area is 112 Å². The van der Waals surface area contributed by atoms with E-state index in [0.717, 1.165) is 23.1 Å². The predicted octanol–water partition coefficient (Wildman–Crippen LogP) is 1.02. The largest absolute Gasteiger partial charge is 0.480 e. The van der Waals surface area contributed by atoms with Gasteiger partial charge in [-0.3, -0.25) is 0 Å². The summed E-state index contributed by atoms with van der Waals surface area (Å²) in [5, 5.41) is 20.3. The van der Waals surface area contributed by atoms with Gasteiger partial charge in [0.15, 0.2) is 0 Å². The summed E-state index contributed by atoms with van der Waals surface area (Å²) in [7, 11) is 0. The Hall–Kier alpha value is -2.22. The number of hydrogen-bond donors (Lipinski definition) is 3. The highest BCUT2D eigenvalue weighted by atomic mass is 19.1. The zero-order valence-corrected chi connectivity index (χ0v) is 10.2. The maximum atomic E-state index is 13.4. The Morgan fingerprint density at radius 2 is 1.90 bits per heavy atom. The van der Waals surface area contributed by atoms with Gasteiger partial charge >= 0.3 is 12.0 Å². The van der Waals surface area contributed by atoms with Crippen molar-refractivity contribution < 1.29 is 28.6 Å². The molecule has 0 unspecified atom stereocenters. The molecule has 2 rings (SSSR count). The normalized spacial score (nSPS) is 21.9. The van der Waals surface area contributed by atoms with Crippen LogP contribution in [0, 0.1) is 11.6 Å². The molecule has 1 aliphatic heterocycles. The second-order valence-corrected chi connectivity index (χ2v) is 4.42. The monoisotopic (exact) mass is 286 g/mol. The number of β-amino-alcohol motifs (C(OH)–C–C–N with tert-alkyl or cyclic N) is 1. The van der Waals surface area contributed by atoms with E-state index in [0.29, 0.717) is 0 Å². The van der Waals surface area contributed by atoms with Gasteiger partial charge in [-0.2, -0.15) is 0 Å². The van der Waals surface area contributed by atoms with Gasteiger partial charge in [0.1, 0.15) is 23.4 Å². The maximum absolute atomic E-state index is 13.4. The lowest BCUT2D eigenvalue weighted by Crippen LogP contribution is -2.43. The zero-order chi connectivity index (χ0) is 14.9. The van der Waals surface area contributed by atoms with E-state index in [1.807, 2.05) is 5.32 Å². The van der Waals surface area contributed by atoms with Gasteiger partial charge in [0.05, 0.1) is 6.10 Å². The minimum absolute atomic E-state index is 0.123. The van der Waals surface area contributed by atoms with Gasteiger partial charge in [0.25, 0.3) is 0 Å². The summed E-state index contributed by atoms with van der Waals surface area (Å²) >= 11 is 0. The molecule has 0 radical (unpaired) electrons. The lowest BCUT2D eigenvalue weighted by atomic mass is 10.2. The average molecular weight is 286 g/mol. The number of nitrogens with one attached hydrogen (secondary N) is 1. The fourth-order valence-corrected chi connectivity index (χ4v) is 2.07. The third-order valence-electron chi connectivity index (χ3n) is 3.02. The molecular weight excluding hydrogens is 274 g/mol. The molecule has 0 aromatic heterocycles. The molecule has 3 N–H and O–H groups in total. The Morgan fingerprint density at radius 1 is 1.30 bits per heavy atom. The number of carboxylic acid groups (broad SMARTS) is 1. The molecule has 2 amide bonds. The molecule has 0 saturated carbocycles. The lowest BCUT2D eigenvalue weighted by Gasteiger charge is -2.21. The van der Waals surface area contributed by atoms with Crippen LogP contribution in [0.15, 0.2) is 18.2 Å². The van der Waals surface area contributed by atoms with Crippen molar-refractivity contribution in [3.05, 3.63) is 29.8 Å². The highest BCUT2D eigenvalue weighted by molar-refractivity contribution is 5.93. The van der Waals surface area contributed by atoms with Crippen LogP contribution in [-0.2, 0) is 4.79 Å². The molecule has 2 atom stereocenters. The molecule has 108 valence electrons. The zero-order valence-electron chi connectivity index (χ0n) is 10.2. The molecule has 1 aromatic rings. The summed E-state index contributed by atoms with van der Waals surface area (Å²) in [6, 6.07) is 0.871. The topological polar surface area (TPSA) is 89.9 Å². The van der Waals surface area contributed by atoms with Crippen molar-refractivity contribution in [2.45, 2.75) is 18.6 Å². The molecule has 1 saturated heterocycles. The summed E-state index contributed by atoms with van der Waals surface area (Å²) in [6.45, 7) is -0.209. The van der Waals surface area contributed by atoms with Crippen molar-refractivity contribution in [2.75, 3.05) is 11.9 Å². The lowest BCUT2D eigenvalue weighted by molar-refractivity contribution is -0.141. The first-order valence-electron chi connectivity index (χ1n) is 5.82. The fraction of sp³-hybridized carbons (Fsp3) is 0.333. The Balaban J connectivity index is 2.18. The number of amides is 2. The molecule has 1 heterocycles. The van der Waals surface area contributed by atoms with Gasteiger partial charge in [0.2, 0.25) is 0 Å². The van der Waals surface area contributed by atoms with Crippen LogP contribution < -0.4 is 5.32 Å². The first-order chi connectivity index (χ1) is 9.40. The number of nitrogens with zero attached hydrogens (tertiary/aromatic N) is 1. The van der Waals surface area contributed by atoms with Crippen molar-refractivity contribution in [2.24, 2.45) is 0 Å². The number of hydrogen-bond acceptors (Lipinski definition) is 3. The third kappa shape index (κ3) is 2.69. The van der Waals surface area contributed by atoms with Crippen LogP contribution in [-0.4, -0.2) is 45.8 Å². The van der Waals surface area contributed by atoms with E-state index in [1.165, 1.54) is 0 Å². The number of urea groups is 1. The average Bonchev–Trinajstić information content (AvgIpc) is 2.76. The summed E-state index contributed by atoms with van der Waals surface area (Å²) in [6.07, 6.45) is -1.10. The minimum Gasteiger partial charge on any atom is -0.480 e. The van der Waals surface area contributed by atoms with Crippen molar-refractivity contribution in [3.8, 4) is 0 Å². The van der Waals surface area contributed by atoms with Crippen LogP contribution in [0.2, 0.25) is 0 Å². The van der Waals surface area contributed by atoms with Crippen molar-refractivity contribution >= 4 is 17.7 Å². The molecule has 6 nitrogen and oxygen atoms in total. The van der Waals surface area contributed by atoms with Crippen LogP contribution in [0.4, 0.5) is 19.3 Å². The molecule has 1 aliphatic rings. The predicted molar refractivity (Wildman–Crippen MR) is 64.1 cm³/mol. The van der Waals surface area contributed by atoms with Crippen LogP contribution in [0.1, 0.15) is 6.42 Å². The van der Waals surface area contributed by atoms with E-state index >= 15 is 0 Å². The Morgan fingerprint density at radius 3 is 2.45 bits per heavy atom. The Kier molecular flexibility index (Phi) is 3.84. The highest BCUT2D eigenvalue weighted by Gasteiger charge is 2.39. The Bertz CT molecular complexity index is 532. The molecular formula is C12H12F2N2O4. The number of aliphatic hydroxyl groups excluding tert-OH is 1. The van der Waals surface area contributed by atoms with Gasteiger partial charge in [0, 0.05) is 13.0 Å². The summed E-state index contributed by atoms with van der Waals surface area (Å²) < 4.78 is 26.8. The second-order valence-electron chi connectivity index (χ2n) is 4.42. The highest BCUT2D eigenvalue weighted by Crippen LogP contribution is 2.22. The van der Waals surface area contributed by atoms with Crippen LogP contribution in [0.25, 0.3) is 0 Å². The summed E-state index contributed by atoms with van der Waals surface area (Å²) in [5.74, 6) is -3.22. The minimum atomic E-state index is -1.29. The molecule has 0 bridgehead atoms. The van der Waals surface area contributed by atoms with Crippen molar-refractivity contribution in [1.82, 2.24) is 4.90 Å². The van der Waals surface area contributed by atoms with Crippen molar-refractivity contribution in [1.29, 1.82) is 0 Å². The molecule has 20 heavy (non-hydrogen) atoms. The first-order valence-corrected chi connectivity index (χ1v) is 5.82. The number of carbonyl (C=O) groups is 2. The standard InChI is InChI=1S/C12H12F2N2O4/c13-7-2-1-3-8(14)10(7)15-12(20)16-5-6(17)4-9(16)11(18)19/h1-3,6,9,17H,4-5H2,(H,15,20)(H,18,19)/t6-,9+/m1/s1. The maximum Gasteiger partial charge on any atom is 0.326 e. The van der Waals surface area contributed by atoms with Crippen LogP contribution >= 0.6 is 0 Å². The van der Waals surface area contributed by atoms with E-state index in [1.54, 1.807) is 0 Å². The SMILES string of the molecule is O=C(O)[C@@H]1C[C@@H](O)CN1C(=O)Nc1c(F)cccc1F. The van der Waals surface area contributed by atoms with E-state index in [-0.39, 0.29) is 13.0 Å². The fourth-order valence-electron chi connectivity index (χ4n) is 2.07. The summed E-state index contributed by atoms with van der Waals surface area (Å²) in [4.78, 5) is 23.7. The van der Waals surface area contributed by atoms with Crippen molar-refractivity contribution in [3.63, 3.8) is 0 Å². The smallest absolute Gasteiger partial charge is 0.326 e. The van der Waals surface area contributed by atoms with Crippen LogP contribution in [0.5, 0.6) is 0 Å². The number of benzene rings is 1. The molecule has 0 spiro atoms. The summed E-state index contributed by atoms with van der Waals surface area (Å²) in [5.41, 5.74) is -0.650. The van der Waals surface area contributed by atoms with E-state index in [2.05, 4.69) is 0 Å². The molecule has 1 aromatic carbocycles. The number of para-hydroxylation sites is 1. The number of anilines is 1. The number of halogens is 2. The third-order valence-corrected chi connectivity index (χ3v) is 3.02. The van der Waals surface area contributed by atoms with Gasteiger partial charge in [-0.25, -0.2) is 18.4 Å². The number of rotatable bonds is 2. The molecule has 1 fully saturated rings. The van der Waals surface area contributed by atoms with E-state index in [9.17, 15) is 23.5 Å². The van der Waals surface area contributed by atoms with Gasteiger partial charge in [-0.15, -0.1) is 0 Å². The second kappa shape index (κ2) is 5.41. The van der Waals surface area contributed by atoms with E-state index in [4.69, 9.17) is 5.11 Å². The van der Waals surface area contributed by atoms with Gasteiger partial charge in [-0.1, -0.05) is 6.07 Å². The number of carboxylic acids is 1. The van der Waals surface area contributed by atoms with Crippen LogP contribution in [0.3, 0.4) is 0 Å². The molecule has 0 aliphatic carbocycles. The van der Waals surface area contributed by atoms with E-state index < -0.39 is 41.5 Å². The quantitative estimate of drug-likeness (QED) is 0.757. The number of aliphatic hydroxyl groups is 1.